The molecule has 7 nitrogen and oxygen atoms in total. The Morgan fingerprint density at radius 2 is 1.61 bits per heavy atom. The van der Waals surface area contributed by atoms with Crippen LogP contribution < -0.4 is 10.6 Å². The van der Waals surface area contributed by atoms with Crippen molar-refractivity contribution >= 4 is 18.0 Å². The number of benzene rings is 2. The Labute approximate surface area is 193 Å². The van der Waals surface area contributed by atoms with E-state index in [-0.39, 0.29) is 31.0 Å². The smallest absolute Gasteiger partial charge is 0.407 e. The van der Waals surface area contributed by atoms with Gasteiger partial charge in [0.1, 0.15) is 6.61 Å². The number of fused-ring (bicyclic) bond motifs is 3. The Balaban J connectivity index is 1.34. The van der Waals surface area contributed by atoms with E-state index in [0.717, 1.165) is 17.5 Å². The van der Waals surface area contributed by atoms with Crippen LogP contribution in [-0.2, 0) is 14.3 Å². The van der Waals surface area contributed by atoms with Crippen LogP contribution >= 0.6 is 0 Å². The number of carboxylic acid groups (broad SMARTS) is 1. The molecular weight excluding hydrogens is 420 g/mol. The molecule has 33 heavy (non-hydrogen) atoms. The summed E-state index contributed by atoms with van der Waals surface area (Å²) in [6, 6.07) is 16.0. The van der Waals surface area contributed by atoms with Gasteiger partial charge in [0.25, 0.3) is 0 Å². The number of carbonyl (C=O) groups excluding carboxylic acids is 2. The van der Waals surface area contributed by atoms with Gasteiger partial charge in [0, 0.05) is 18.5 Å². The van der Waals surface area contributed by atoms with Crippen molar-refractivity contribution in [1.82, 2.24) is 10.6 Å². The van der Waals surface area contributed by atoms with Crippen molar-refractivity contribution < 1.29 is 24.2 Å². The third kappa shape index (κ3) is 4.72. The number of hydrogen-bond donors (Lipinski definition) is 3. The zero-order valence-electron chi connectivity index (χ0n) is 19.0. The summed E-state index contributed by atoms with van der Waals surface area (Å²) in [6.45, 7) is 3.39. The number of carboxylic acids is 1. The van der Waals surface area contributed by atoms with Gasteiger partial charge in [-0.25, -0.2) is 4.79 Å². The van der Waals surface area contributed by atoms with Gasteiger partial charge in [-0.05, 0) is 48.9 Å². The van der Waals surface area contributed by atoms with Gasteiger partial charge in [-0.2, -0.15) is 0 Å². The zero-order chi connectivity index (χ0) is 23.6. The number of alkyl carbamates (subject to hydrolysis) is 1. The number of hydrogen-bond acceptors (Lipinski definition) is 4. The van der Waals surface area contributed by atoms with Crippen molar-refractivity contribution in [3.63, 3.8) is 0 Å². The molecule has 1 saturated carbocycles. The summed E-state index contributed by atoms with van der Waals surface area (Å²) in [5.41, 5.74) is 3.57. The molecule has 0 saturated heterocycles. The Bertz CT molecular complexity index is 1020. The number of nitrogens with one attached hydrogen (secondary N) is 2. The number of ether oxygens (including phenoxy) is 1. The number of rotatable bonds is 7. The molecule has 0 aliphatic heterocycles. The van der Waals surface area contributed by atoms with E-state index in [1.54, 1.807) is 13.8 Å². The van der Waals surface area contributed by atoms with Gasteiger partial charge in [-0.15, -0.1) is 0 Å². The average molecular weight is 451 g/mol. The molecule has 0 aromatic heterocycles. The molecule has 4 rings (SSSR count). The summed E-state index contributed by atoms with van der Waals surface area (Å²) in [6.07, 6.45) is 1.61. The highest BCUT2D eigenvalue weighted by Gasteiger charge is 2.36. The fourth-order valence-corrected chi connectivity index (χ4v) is 4.75. The first-order chi connectivity index (χ1) is 15.8. The van der Waals surface area contributed by atoms with E-state index in [4.69, 9.17) is 4.74 Å². The monoisotopic (exact) mass is 450 g/mol. The van der Waals surface area contributed by atoms with E-state index in [1.807, 2.05) is 24.3 Å². The predicted octanol–water partition coefficient (Wildman–Crippen LogP) is 3.92. The van der Waals surface area contributed by atoms with Crippen LogP contribution in [0.1, 0.15) is 50.2 Å². The fourth-order valence-electron chi connectivity index (χ4n) is 4.75. The minimum Gasteiger partial charge on any atom is -0.481 e. The summed E-state index contributed by atoms with van der Waals surface area (Å²) in [4.78, 5) is 36.5. The van der Waals surface area contributed by atoms with Crippen LogP contribution in [0.5, 0.6) is 0 Å². The maximum atomic E-state index is 12.7. The summed E-state index contributed by atoms with van der Waals surface area (Å²) in [5, 5.41) is 14.8. The molecular formula is C26H30N2O5. The molecule has 3 N–H and O–H groups in total. The Morgan fingerprint density at radius 1 is 1.00 bits per heavy atom. The van der Waals surface area contributed by atoms with Gasteiger partial charge in [0.15, 0.2) is 0 Å². The number of amides is 2. The lowest BCUT2D eigenvalue weighted by Gasteiger charge is -2.24. The maximum absolute atomic E-state index is 12.7. The van der Waals surface area contributed by atoms with Gasteiger partial charge in [-0.3, -0.25) is 9.59 Å². The van der Waals surface area contributed by atoms with Crippen LogP contribution in [0.25, 0.3) is 11.1 Å². The molecule has 0 radical (unpaired) electrons. The minimum absolute atomic E-state index is 0.0240. The first kappa shape index (κ1) is 22.8. The van der Waals surface area contributed by atoms with Gasteiger partial charge in [-0.1, -0.05) is 55.0 Å². The second-order valence-corrected chi connectivity index (χ2v) is 9.52. The van der Waals surface area contributed by atoms with Gasteiger partial charge >= 0.3 is 12.1 Å². The first-order valence-electron chi connectivity index (χ1n) is 11.4. The number of aliphatic carboxylic acids is 1. The highest BCUT2D eigenvalue weighted by molar-refractivity contribution is 5.82. The van der Waals surface area contributed by atoms with Crippen LogP contribution in [0.4, 0.5) is 4.79 Å². The third-order valence-electron chi connectivity index (χ3n) is 6.78. The quantitative estimate of drug-likeness (QED) is 0.593. The molecule has 174 valence electrons. The van der Waals surface area contributed by atoms with Crippen LogP contribution in [0.3, 0.4) is 0 Å². The molecule has 2 aliphatic carbocycles. The molecule has 0 heterocycles. The average Bonchev–Trinajstić information content (AvgIpc) is 3.38. The van der Waals surface area contributed by atoms with Crippen molar-refractivity contribution in [3.8, 4) is 11.1 Å². The highest BCUT2D eigenvalue weighted by atomic mass is 16.5. The highest BCUT2D eigenvalue weighted by Crippen LogP contribution is 2.44. The number of carbonyl (C=O) groups is 3. The second kappa shape index (κ2) is 9.25. The van der Waals surface area contributed by atoms with Gasteiger partial charge in [0.05, 0.1) is 11.3 Å². The van der Waals surface area contributed by atoms with E-state index in [0.29, 0.717) is 12.8 Å². The van der Waals surface area contributed by atoms with Crippen molar-refractivity contribution in [3.05, 3.63) is 59.7 Å². The van der Waals surface area contributed by atoms with E-state index in [1.165, 1.54) is 11.1 Å². The van der Waals surface area contributed by atoms with Crippen LogP contribution in [0.15, 0.2) is 48.5 Å². The molecule has 2 atom stereocenters. The molecule has 1 fully saturated rings. The molecule has 2 amide bonds. The summed E-state index contributed by atoms with van der Waals surface area (Å²) >= 11 is 0. The largest absolute Gasteiger partial charge is 0.481 e. The van der Waals surface area contributed by atoms with E-state index >= 15 is 0 Å². The molecule has 2 aromatic rings. The SMILES string of the molecule is CC(C)(CNC(=O)[C@H]1CCC[C@H]1NC(=O)OCC1c2ccccc2-c2ccccc21)C(=O)O. The standard InChI is InChI=1S/C26H30N2O5/c1-26(2,24(30)31)15-27-23(29)20-12-7-13-22(20)28-25(32)33-14-21-18-10-5-3-8-16(18)17-9-4-6-11-19(17)21/h3-6,8-11,20-22H,7,12-15H2,1-2H3,(H,27,29)(H,28,32)(H,30,31)/t20-,22+/m0/s1. The molecule has 2 aliphatic rings. The van der Waals surface area contributed by atoms with Crippen molar-refractivity contribution in [2.24, 2.45) is 11.3 Å². The third-order valence-corrected chi connectivity index (χ3v) is 6.78. The van der Waals surface area contributed by atoms with Crippen molar-refractivity contribution in [2.75, 3.05) is 13.2 Å². The lowest BCUT2D eigenvalue weighted by molar-refractivity contribution is -0.146. The second-order valence-electron chi connectivity index (χ2n) is 9.52. The Kier molecular flexibility index (Phi) is 6.40. The van der Waals surface area contributed by atoms with Crippen molar-refractivity contribution in [1.29, 1.82) is 0 Å². The summed E-state index contributed by atoms with van der Waals surface area (Å²) in [7, 11) is 0. The van der Waals surface area contributed by atoms with Gasteiger partial charge in [0.2, 0.25) is 5.91 Å². The molecule has 0 spiro atoms. The molecule has 0 unspecified atom stereocenters. The van der Waals surface area contributed by atoms with E-state index in [2.05, 4.69) is 34.9 Å². The molecule has 2 aromatic carbocycles. The van der Waals surface area contributed by atoms with Crippen LogP contribution in [-0.4, -0.2) is 42.3 Å². The normalized spacial score (nSPS) is 19.5. The Hall–Kier alpha value is -3.35. The topological polar surface area (TPSA) is 105 Å². The lowest BCUT2D eigenvalue weighted by atomic mass is 9.93. The van der Waals surface area contributed by atoms with Crippen LogP contribution in [0.2, 0.25) is 0 Å². The van der Waals surface area contributed by atoms with Gasteiger partial charge < -0.3 is 20.5 Å². The summed E-state index contributed by atoms with van der Waals surface area (Å²) in [5.74, 6) is -1.62. The molecule has 0 bridgehead atoms. The maximum Gasteiger partial charge on any atom is 0.407 e. The fraction of sp³-hybridized carbons (Fsp3) is 0.423. The first-order valence-corrected chi connectivity index (χ1v) is 11.4. The minimum atomic E-state index is -1.05. The van der Waals surface area contributed by atoms with Crippen molar-refractivity contribution in [2.45, 2.75) is 45.1 Å². The van der Waals surface area contributed by atoms with E-state index < -0.39 is 23.4 Å². The lowest BCUT2D eigenvalue weighted by Crippen LogP contribution is -2.47. The predicted molar refractivity (Wildman–Crippen MR) is 124 cm³/mol. The zero-order valence-corrected chi connectivity index (χ0v) is 19.0. The van der Waals surface area contributed by atoms with E-state index in [9.17, 15) is 19.5 Å². The van der Waals surface area contributed by atoms with Crippen LogP contribution in [0, 0.1) is 11.3 Å². The Morgan fingerprint density at radius 3 is 2.21 bits per heavy atom. The molecule has 7 heteroatoms. The summed E-state index contributed by atoms with van der Waals surface area (Å²) < 4.78 is 5.62.